The Balaban J connectivity index is 1.80. The number of carboxylic acid groups (broad SMARTS) is 1. The monoisotopic (exact) mass is 385 g/mol. The molecule has 136 valence electrons. The van der Waals surface area contributed by atoms with Gasteiger partial charge in [0.25, 0.3) is 0 Å². The van der Waals surface area contributed by atoms with Crippen molar-refractivity contribution in [3.63, 3.8) is 0 Å². The van der Waals surface area contributed by atoms with E-state index in [4.69, 9.17) is 4.98 Å². The third-order valence-electron chi connectivity index (χ3n) is 4.15. The number of thiazole rings is 1. The Hall–Kier alpha value is -2.18. The van der Waals surface area contributed by atoms with Gasteiger partial charge in [0.05, 0.1) is 12.2 Å². The highest BCUT2D eigenvalue weighted by Gasteiger charge is 2.14. The van der Waals surface area contributed by atoms with Gasteiger partial charge in [0.2, 0.25) is 0 Å². The number of carbonyl (C=O) groups excluding carboxylic acids is 1. The molecule has 0 aliphatic carbocycles. The Labute approximate surface area is 161 Å². The lowest BCUT2D eigenvalue weighted by molar-refractivity contribution is -0.305. The predicted octanol–water partition coefficient (Wildman–Crippen LogP) is 4.14. The van der Waals surface area contributed by atoms with Crippen LogP contribution >= 0.6 is 22.7 Å². The number of aromatic nitrogens is 1. The molecule has 1 aromatic carbocycles. The van der Waals surface area contributed by atoms with Gasteiger partial charge in [-0.05, 0) is 22.9 Å². The van der Waals surface area contributed by atoms with Crippen molar-refractivity contribution >= 4 is 33.8 Å². The van der Waals surface area contributed by atoms with Gasteiger partial charge in [-0.3, -0.25) is 0 Å². The third kappa shape index (κ3) is 4.71. The standard InChI is InChI=1S/C20H22N2O2S2/c1-14(2)15-5-7-16(8-6-15)18-13-26-20(21-18)22(10-9-19(23)24)12-17-4-3-11-25-17/h3-8,11,13-14H,9-10,12H2,1-2H3,(H,23,24)/p-1. The first-order valence-corrected chi connectivity index (χ1v) is 10.3. The van der Waals surface area contributed by atoms with E-state index in [0.717, 1.165) is 16.4 Å². The van der Waals surface area contributed by atoms with Gasteiger partial charge in [0.15, 0.2) is 5.13 Å². The van der Waals surface area contributed by atoms with Gasteiger partial charge in [-0.1, -0.05) is 44.2 Å². The molecule has 0 fully saturated rings. The molecule has 4 nitrogen and oxygen atoms in total. The number of nitrogens with zero attached hydrogens (tertiary/aromatic N) is 2. The SMILES string of the molecule is CC(C)c1ccc(-c2csc(N(CCC(=O)[O-])Cc3cccs3)n2)cc1. The van der Waals surface area contributed by atoms with Crippen molar-refractivity contribution in [2.24, 2.45) is 0 Å². The van der Waals surface area contributed by atoms with Crippen LogP contribution in [0, 0.1) is 0 Å². The van der Waals surface area contributed by atoms with E-state index >= 15 is 0 Å². The van der Waals surface area contributed by atoms with Gasteiger partial charge in [-0.15, -0.1) is 22.7 Å². The highest BCUT2D eigenvalue weighted by Crippen LogP contribution is 2.30. The third-order valence-corrected chi connectivity index (χ3v) is 5.91. The molecule has 0 unspecified atom stereocenters. The highest BCUT2D eigenvalue weighted by molar-refractivity contribution is 7.14. The fourth-order valence-corrected chi connectivity index (χ4v) is 4.22. The molecule has 3 rings (SSSR count). The molecule has 0 saturated heterocycles. The smallest absolute Gasteiger partial charge is 0.186 e. The first-order chi connectivity index (χ1) is 12.5. The number of rotatable bonds is 8. The van der Waals surface area contributed by atoms with Crippen molar-refractivity contribution in [1.29, 1.82) is 0 Å². The number of hydrogen-bond donors (Lipinski definition) is 0. The molecule has 0 radical (unpaired) electrons. The Kier molecular flexibility index (Phi) is 6.06. The van der Waals surface area contributed by atoms with E-state index in [9.17, 15) is 9.90 Å². The van der Waals surface area contributed by atoms with Crippen molar-refractivity contribution < 1.29 is 9.90 Å². The topological polar surface area (TPSA) is 56.3 Å². The number of hydrogen-bond acceptors (Lipinski definition) is 6. The molecule has 6 heteroatoms. The van der Waals surface area contributed by atoms with Crippen molar-refractivity contribution in [3.8, 4) is 11.3 Å². The van der Waals surface area contributed by atoms with E-state index in [2.05, 4.69) is 44.2 Å². The maximum atomic E-state index is 10.9. The number of benzene rings is 1. The Bertz CT molecular complexity index is 839. The van der Waals surface area contributed by atoms with Crippen LogP contribution < -0.4 is 10.0 Å². The number of carbonyl (C=O) groups is 1. The molecule has 2 aromatic heterocycles. The molecule has 0 bridgehead atoms. The quantitative estimate of drug-likeness (QED) is 0.585. The molecule has 0 N–H and O–H groups in total. The molecule has 0 saturated carbocycles. The van der Waals surface area contributed by atoms with Gasteiger partial charge >= 0.3 is 0 Å². The molecule has 0 spiro atoms. The fraction of sp³-hybridized carbons (Fsp3) is 0.300. The van der Waals surface area contributed by atoms with Crippen LogP contribution in [0.25, 0.3) is 11.3 Å². The van der Waals surface area contributed by atoms with E-state index < -0.39 is 5.97 Å². The van der Waals surface area contributed by atoms with E-state index in [0.29, 0.717) is 19.0 Å². The summed E-state index contributed by atoms with van der Waals surface area (Å²) in [4.78, 5) is 18.8. The van der Waals surface area contributed by atoms with Crippen LogP contribution in [-0.4, -0.2) is 17.5 Å². The summed E-state index contributed by atoms with van der Waals surface area (Å²) < 4.78 is 0. The van der Waals surface area contributed by atoms with Crippen molar-refractivity contribution in [2.75, 3.05) is 11.4 Å². The van der Waals surface area contributed by atoms with Crippen LogP contribution in [0.3, 0.4) is 0 Å². The molecule has 26 heavy (non-hydrogen) atoms. The summed E-state index contributed by atoms with van der Waals surface area (Å²) >= 11 is 3.20. The molecule has 3 aromatic rings. The zero-order chi connectivity index (χ0) is 18.5. The van der Waals surface area contributed by atoms with Gasteiger partial charge < -0.3 is 14.8 Å². The second kappa shape index (κ2) is 8.47. The summed E-state index contributed by atoms with van der Waals surface area (Å²) in [6, 6.07) is 12.5. The zero-order valence-electron chi connectivity index (χ0n) is 14.8. The normalized spacial score (nSPS) is 11.0. The maximum Gasteiger partial charge on any atom is 0.186 e. The lowest BCUT2D eigenvalue weighted by Crippen LogP contribution is -2.30. The summed E-state index contributed by atoms with van der Waals surface area (Å²) in [5.74, 6) is -0.539. The van der Waals surface area contributed by atoms with Crippen molar-refractivity contribution in [2.45, 2.75) is 32.7 Å². The van der Waals surface area contributed by atoms with Gasteiger partial charge in [0, 0.05) is 34.8 Å². The van der Waals surface area contributed by atoms with Gasteiger partial charge in [0.1, 0.15) is 0 Å². The number of thiophene rings is 1. The van der Waals surface area contributed by atoms with Gasteiger partial charge in [-0.2, -0.15) is 0 Å². The second-order valence-corrected chi connectivity index (χ2v) is 8.28. The lowest BCUT2D eigenvalue weighted by Gasteiger charge is -2.21. The second-order valence-electron chi connectivity index (χ2n) is 6.41. The van der Waals surface area contributed by atoms with E-state index in [1.807, 2.05) is 21.7 Å². The van der Waals surface area contributed by atoms with Crippen LogP contribution in [0.4, 0.5) is 5.13 Å². The minimum absolute atomic E-state index is 0.0105. The minimum atomic E-state index is -1.04. The average Bonchev–Trinajstić information content (AvgIpc) is 3.30. The largest absolute Gasteiger partial charge is 0.550 e. The minimum Gasteiger partial charge on any atom is -0.550 e. The van der Waals surface area contributed by atoms with Crippen LogP contribution in [0.15, 0.2) is 47.2 Å². The van der Waals surface area contributed by atoms with E-state index in [1.165, 1.54) is 10.4 Å². The Morgan fingerprint density at radius 2 is 1.96 bits per heavy atom. The van der Waals surface area contributed by atoms with Gasteiger partial charge in [-0.25, -0.2) is 4.98 Å². The average molecular weight is 386 g/mol. The number of anilines is 1. The Morgan fingerprint density at radius 3 is 2.58 bits per heavy atom. The summed E-state index contributed by atoms with van der Waals surface area (Å²) in [7, 11) is 0. The first-order valence-electron chi connectivity index (χ1n) is 8.56. The lowest BCUT2D eigenvalue weighted by atomic mass is 10.0. The van der Waals surface area contributed by atoms with E-state index in [-0.39, 0.29) is 6.42 Å². The van der Waals surface area contributed by atoms with Crippen LogP contribution in [0.5, 0.6) is 0 Å². The van der Waals surface area contributed by atoms with Crippen molar-refractivity contribution in [3.05, 3.63) is 57.6 Å². The summed E-state index contributed by atoms with van der Waals surface area (Å²) in [5, 5.41) is 15.8. The Morgan fingerprint density at radius 1 is 1.19 bits per heavy atom. The number of aliphatic carboxylic acids is 1. The molecular weight excluding hydrogens is 364 g/mol. The number of carboxylic acids is 1. The summed E-state index contributed by atoms with van der Waals surface area (Å²) in [6.07, 6.45) is -0.0105. The molecule has 2 heterocycles. The summed E-state index contributed by atoms with van der Waals surface area (Å²) in [5.41, 5.74) is 3.30. The molecule has 0 amide bonds. The molecule has 0 atom stereocenters. The fourth-order valence-electron chi connectivity index (χ4n) is 2.64. The van der Waals surface area contributed by atoms with E-state index in [1.54, 1.807) is 22.7 Å². The van der Waals surface area contributed by atoms with Crippen LogP contribution in [-0.2, 0) is 11.3 Å². The molecule has 0 aliphatic heterocycles. The predicted molar refractivity (Wildman–Crippen MR) is 107 cm³/mol. The first kappa shape index (κ1) is 18.6. The van der Waals surface area contributed by atoms with Crippen molar-refractivity contribution in [1.82, 2.24) is 4.98 Å². The zero-order valence-corrected chi connectivity index (χ0v) is 16.5. The maximum absolute atomic E-state index is 10.9. The molecular formula is C20H21N2O2S2-. The molecule has 0 aliphatic rings. The highest BCUT2D eigenvalue weighted by atomic mass is 32.1. The van der Waals surface area contributed by atoms with Crippen LogP contribution in [0.1, 0.15) is 36.6 Å². The van der Waals surface area contributed by atoms with Crippen LogP contribution in [0.2, 0.25) is 0 Å². The summed E-state index contributed by atoms with van der Waals surface area (Å²) in [6.45, 7) is 5.40.